The molecule has 3 atom stereocenters. The van der Waals surface area contributed by atoms with Crippen molar-refractivity contribution in [3.05, 3.63) is 40.4 Å². The highest BCUT2D eigenvalue weighted by Crippen LogP contribution is 2.34. The number of carbonyl (C=O) groups is 1. The molecule has 128 valence electrons. The number of piperidine rings is 1. The van der Waals surface area contributed by atoms with Crippen molar-refractivity contribution >= 4 is 17.2 Å². The molecule has 4 heterocycles. The van der Waals surface area contributed by atoms with E-state index in [0.29, 0.717) is 18.4 Å². The van der Waals surface area contributed by atoms with Crippen molar-refractivity contribution in [2.45, 2.75) is 19.1 Å². The van der Waals surface area contributed by atoms with Crippen LogP contribution in [0.4, 0.5) is 0 Å². The minimum atomic E-state index is -0.227. The second kappa shape index (κ2) is 7.04. The van der Waals surface area contributed by atoms with Gasteiger partial charge in [0.1, 0.15) is 0 Å². The third kappa shape index (κ3) is 3.38. The molecule has 0 unspecified atom stereocenters. The first-order chi connectivity index (χ1) is 11.8. The molecule has 0 spiro atoms. The highest BCUT2D eigenvalue weighted by atomic mass is 32.1. The Bertz CT molecular complexity index is 659. The van der Waals surface area contributed by atoms with Gasteiger partial charge >= 0.3 is 0 Å². The average molecular weight is 347 g/mol. The van der Waals surface area contributed by atoms with Gasteiger partial charge in [0.25, 0.3) is 5.91 Å². The Morgan fingerprint density at radius 2 is 2.42 bits per heavy atom. The summed E-state index contributed by atoms with van der Waals surface area (Å²) in [5.74, 6) is 1.11. The lowest BCUT2D eigenvalue weighted by molar-refractivity contribution is 0.0725. The van der Waals surface area contributed by atoms with Crippen molar-refractivity contribution in [1.29, 1.82) is 0 Å². The number of nitrogens with one attached hydrogen (secondary N) is 1. The van der Waals surface area contributed by atoms with E-state index in [1.54, 1.807) is 6.07 Å². The quantitative estimate of drug-likeness (QED) is 0.896. The van der Waals surface area contributed by atoms with Crippen molar-refractivity contribution in [1.82, 2.24) is 15.4 Å². The maximum absolute atomic E-state index is 11.9. The molecule has 1 amide bonds. The molecule has 6 nitrogen and oxygen atoms in total. The van der Waals surface area contributed by atoms with Gasteiger partial charge in [-0.2, -0.15) is 0 Å². The fourth-order valence-corrected chi connectivity index (χ4v) is 4.50. The third-order valence-electron chi connectivity index (χ3n) is 4.96. The molecule has 0 aromatic carbocycles. The van der Waals surface area contributed by atoms with Gasteiger partial charge in [0.2, 0.25) is 5.76 Å². The first-order valence-corrected chi connectivity index (χ1v) is 9.23. The minimum Gasteiger partial charge on any atom is -0.376 e. The maximum atomic E-state index is 11.9. The number of likely N-dealkylation sites (tertiary alicyclic amines) is 1. The van der Waals surface area contributed by atoms with E-state index in [9.17, 15) is 4.79 Å². The van der Waals surface area contributed by atoms with Crippen molar-refractivity contribution in [3.63, 3.8) is 0 Å². The van der Waals surface area contributed by atoms with Gasteiger partial charge in [0.05, 0.1) is 18.9 Å². The van der Waals surface area contributed by atoms with Crippen LogP contribution in [0.1, 0.15) is 21.9 Å². The predicted octanol–water partition coefficient (Wildman–Crippen LogP) is 2.00. The molecule has 7 heteroatoms. The zero-order valence-electron chi connectivity index (χ0n) is 13.4. The Hall–Kier alpha value is -1.70. The van der Waals surface area contributed by atoms with Crippen LogP contribution in [0.3, 0.4) is 0 Å². The highest BCUT2D eigenvalue weighted by Gasteiger charge is 2.40. The number of nitrogens with zero attached hydrogens (tertiary/aromatic N) is 2. The molecule has 24 heavy (non-hydrogen) atoms. The fourth-order valence-electron chi connectivity index (χ4n) is 3.75. The SMILES string of the molecule is O=C(NC[C@@H]1OC[C@H]2CN(Cc3cccs3)CC[C@H]21)c1ccno1. The Morgan fingerprint density at radius 3 is 3.21 bits per heavy atom. The molecule has 0 bridgehead atoms. The molecule has 2 aromatic heterocycles. The molecule has 2 saturated heterocycles. The summed E-state index contributed by atoms with van der Waals surface area (Å²) in [5.41, 5.74) is 0. The Balaban J connectivity index is 1.28. The minimum absolute atomic E-state index is 0.103. The molecule has 1 N–H and O–H groups in total. The van der Waals surface area contributed by atoms with Gasteiger partial charge in [0.15, 0.2) is 0 Å². The van der Waals surface area contributed by atoms with Crippen LogP contribution in [-0.4, -0.2) is 48.3 Å². The van der Waals surface area contributed by atoms with Crippen LogP contribution >= 0.6 is 11.3 Å². The first kappa shape index (κ1) is 15.8. The van der Waals surface area contributed by atoms with E-state index >= 15 is 0 Å². The van der Waals surface area contributed by atoms with Gasteiger partial charge in [0, 0.05) is 36.5 Å². The molecule has 2 aliphatic rings. The monoisotopic (exact) mass is 347 g/mol. The Morgan fingerprint density at radius 1 is 1.46 bits per heavy atom. The second-order valence-corrected chi connectivity index (χ2v) is 7.52. The third-order valence-corrected chi connectivity index (χ3v) is 5.82. The van der Waals surface area contributed by atoms with Crippen LogP contribution in [0.25, 0.3) is 0 Å². The number of rotatable bonds is 5. The maximum Gasteiger partial charge on any atom is 0.289 e. The molecule has 2 fully saturated rings. The number of thiophene rings is 1. The average Bonchev–Trinajstić information content (AvgIpc) is 3.34. The van der Waals surface area contributed by atoms with Gasteiger partial charge in [-0.25, -0.2) is 0 Å². The Kier molecular flexibility index (Phi) is 4.64. The summed E-state index contributed by atoms with van der Waals surface area (Å²) in [6.45, 7) is 4.53. The molecule has 4 rings (SSSR count). The predicted molar refractivity (Wildman–Crippen MR) is 89.8 cm³/mol. The van der Waals surface area contributed by atoms with E-state index in [-0.39, 0.29) is 17.8 Å². The zero-order chi connectivity index (χ0) is 16.4. The van der Waals surface area contributed by atoms with E-state index in [1.165, 1.54) is 11.1 Å². The Labute approximate surface area is 144 Å². The van der Waals surface area contributed by atoms with Crippen molar-refractivity contribution in [2.75, 3.05) is 26.2 Å². The number of hydrogen-bond acceptors (Lipinski definition) is 6. The zero-order valence-corrected chi connectivity index (χ0v) is 14.2. The number of ether oxygens (including phenoxy) is 1. The smallest absolute Gasteiger partial charge is 0.289 e. The number of amides is 1. The summed E-state index contributed by atoms with van der Waals surface area (Å²) in [6, 6.07) is 5.87. The van der Waals surface area contributed by atoms with E-state index in [1.807, 2.05) is 11.3 Å². The van der Waals surface area contributed by atoms with Crippen LogP contribution in [0.15, 0.2) is 34.3 Å². The van der Waals surface area contributed by atoms with Crippen LogP contribution in [0.5, 0.6) is 0 Å². The lowest BCUT2D eigenvalue weighted by atomic mass is 9.84. The first-order valence-electron chi connectivity index (χ1n) is 8.35. The van der Waals surface area contributed by atoms with Crippen LogP contribution < -0.4 is 5.32 Å². The van der Waals surface area contributed by atoms with E-state index in [2.05, 4.69) is 32.9 Å². The van der Waals surface area contributed by atoms with Crippen LogP contribution in [0.2, 0.25) is 0 Å². The molecule has 2 aromatic rings. The summed E-state index contributed by atoms with van der Waals surface area (Å²) >= 11 is 1.82. The normalized spacial score (nSPS) is 27.1. The largest absolute Gasteiger partial charge is 0.376 e. The van der Waals surface area contributed by atoms with Crippen molar-refractivity contribution in [2.24, 2.45) is 11.8 Å². The van der Waals surface area contributed by atoms with E-state index in [4.69, 9.17) is 9.26 Å². The molecular weight excluding hydrogens is 326 g/mol. The van der Waals surface area contributed by atoms with Crippen molar-refractivity contribution in [3.8, 4) is 0 Å². The van der Waals surface area contributed by atoms with Gasteiger partial charge in [-0.15, -0.1) is 11.3 Å². The molecule has 0 aliphatic carbocycles. The van der Waals surface area contributed by atoms with Crippen LogP contribution in [0, 0.1) is 11.8 Å². The summed E-state index contributed by atoms with van der Waals surface area (Å²) < 4.78 is 10.8. The van der Waals surface area contributed by atoms with Gasteiger partial charge in [-0.1, -0.05) is 11.2 Å². The van der Waals surface area contributed by atoms with E-state index < -0.39 is 0 Å². The molecule has 0 radical (unpaired) electrons. The van der Waals surface area contributed by atoms with Gasteiger partial charge in [-0.05, 0) is 30.3 Å². The van der Waals surface area contributed by atoms with Crippen LogP contribution in [-0.2, 0) is 11.3 Å². The van der Waals surface area contributed by atoms with Gasteiger partial charge in [-0.3, -0.25) is 9.69 Å². The standard InChI is InChI=1S/C17H21N3O3S/c21-17(15-3-5-19-23-15)18-8-16-14-4-6-20(9-12(14)11-22-16)10-13-2-1-7-24-13/h1-3,5,7,12,14,16H,4,6,8-11H2,(H,18,21)/t12-,14-,16+/m1/s1. The lowest BCUT2D eigenvalue weighted by Crippen LogP contribution is -2.43. The van der Waals surface area contributed by atoms with Crippen molar-refractivity contribution < 1.29 is 14.1 Å². The highest BCUT2D eigenvalue weighted by molar-refractivity contribution is 7.09. The molecular formula is C17H21N3O3S. The molecule has 0 saturated carbocycles. The summed E-state index contributed by atoms with van der Waals surface area (Å²) in [7, 11) is 0. The topological polar surface area (TPSA) is 67.6 Å². The van der Waals surface area contributed by atoms with Gasteiger partial charge < -0.3 is 14.6 Å². The second-order valence-electron chi connectivity index (χ2n) is 6.49. The fraction of sp³-hybridized carbons (Fsp3) is 0.529. The number of aromatic nitrogens is 1. The molecule has 2 aliphatic heterocycles. The summed E-state index contributed by atoms with van der Waals surface area (Å²) in [6.07, 6.45) is 2.70. The van der Waals surface area contributed by atoms with E-state index in [0.717, 1.165) is 32.7 Å². The summed E-state index contributed by atoms with van der Waals surface area (Å²) in [5, 5.41) is 8.59. The number of carbonyl (C=O) groups excluding carboxylic acids is 1. The lowest BCUT2D eigenvalue weighted by Gasteiger charge is -2.35. The number of fused-ring (bicyclic) bond motifs is 1. The summed E-state index contributed by atoms with van der Waals surface area (Å²) in [4.78, 5) is 15.9. The number of hydrogen-bond donors (Lipinski definition) is 1.